The van der Waals surface area contributed by atoms with Crippen molar-refractivity contribution in [3.63, 3.8) is 0 Å². The van der Waals surface area contributed by atoms with Crippen molar-refractivity contribution in [2.45, 2.75) is 24.7 Å². The molecule has 1 N–H and O–H groups in total. The summed E-state index contributed by atoms with van der Waals surface area (Å²) in [5.41, 5.74) is 2.33. The van der Waals surface area contributed by atoms with Gasteiger partial charge in [-0.2, -0.15) is 0 Å². The monoisotopic (exact) mass is 459 g/mol. The Morgan fingerprint density at radius 2 is 1.84 bits per heavy atom. The first-order chi connectivity index (χ1) is 14.7. The van der Waals surface area contributed by atoms with Gasteiger partial charge in [-0.3, -0.25) is 4.79 Å². The lowest BCUT2D eigenvalue weighted by molar-refractivity contribution is -0.118. The highest BCUT2D eigenvalue weighted by atomic mass is 35.5. The van der Waals surface area contributed by atoms with Crippen molar-refractivity contribution in [1.29, 1.82) is 4.78 Å². The van der Waals surface area contributed by atoms with Crippen molar-refractivity contribution in [3.05, 3.63) is 77.3 Å². The molecular weight excluding hydrogens is 437 g/mol. The van der Waals surface area contributed by atoms with Crippen LogP contribution in [0, 0.1) is 10.6 Å². The Hall–Kier alpha value is -2.77. The van der Waals surface area contributed by atoms with Gasteiger partial charge in [-0.1, -0.05) is 42.8 Å². The summed E-state index contributed by atoms with van der Waals surface area (Å²) < 4.78 is 35.7. The highest BCUT2D eigenvalue weighted by Gasteiger charge is 2.15. The van der Waals surface area contributed by atoms with E-state index in [0.717, 1.165) is 11.1 Å². The lowest BCUT2D eigenvalue weighted by atomic mass is 10.0. The van der Waals surface area contributed by atoms with Crippen LogP contribution in [0.5, 0.6) is 0 Å². The van der Waals surface area contributed by atoms with Gasteiger partial charge in [0.15, 0.2) is 0 Å². The molecule has 3 rings (SSSR count). The number of halogens is 2. The molecule has 0 spiro atoms. The van der Waals surface area contributed by atoms with E-state index in [4.69, 9.17) is 16.4 Å². The van der Waals surface area contributed by atoms with Gasteiger partial charge in [-0.05, 0) is 53.4 Å². The Labute approximate surface area is 186 Å². The molecule has 1 atom stereocenters. The van der Waals surface area contributed by atoms with Crippen molar-refractivity contribution >= 4 is 32.9 Å². The smallest absolute Gasteiger partial charge is 0.226 e. The summed E-state index contributed by atoms with van der Waals surface area (Å²) in [5, 5.41) is 0.352. The van der Waals surface area contributed by atoms with Crippen LogP contribution in [0.2, 0.25) is 5.15 Å². The maximum absolute atomic E-state index is 14.6. The fourth-order valence-corrected chi connectivity index (χ4v) is 4.71. The predicted molar refractivity (Wildman–Crippen MR) is 122 cm³/mol. The summed E-state index contributed by atoms with van der Waals surface area (Å²) in [7, 11) is -1.47. The molecule has 0 aliphatic rings. The van der Waals surface area contributed by atoms with E-state index in [1.807, 2.05) is 0 Å². The number of nitrogens with zero attached hydrogens (tertiary/aromatic N) is 2. The molecule has 0 bridgehead atoms. The van der Waals surface area contributed by atoms with Gasteiger partial charge in [0.2, 0.25) is 5.91 Å². The van der Waals surface area contributed by atoms with E-state index in [-0.39, 0.29) is 17.3 Å². The SMILES string of the molecule is CCC(=O)N(C)c1ccc(-c2ccc(S(=N)(=O)CCc3cccnc3Cl)cc2)cc1F. The van der Waals surface area contributed by atoms with Crippen LogP contribution in [0.15, 0.2) is 65.7 Å². The maximum atomic E-state index is 14.6. The Bertz CT molecular complexity index is 1200. The van der Waals surface area contributed by atoms with Crippen LogP contribution in [0.4, 0.5) is 10.1 Å². The molecule has 0 radical (unpaired) electrons. The second-order valence-corrected chi connectivity index (χ2v) is 9.67. The fraction of sp³-hybridized carbons (Fsp3) is 0.217. The predicted octanol–water partition coefficient (Wildman–Crippen LogP) is 5.56. The second-order valence-electron chi connectivity index (χ2n) is 7.08. The number of aryl methyl sites for hydroxylation is 1. The molecule has 0 saturated heterocycles. The van der Waals surface area contributed by atoms with Crippen LogP contribution in [-0.2, 0) is 20.9 Å². The van der Waals surface area contributed by atoms with Crippen LogP contribution >= 0.6 is 11.6 Å². The van der Waals surface area contributed by atoms with Crippen LogP contribution in [0.3, 0.4) is 0 Å². The molecule has 2 aromatic carbocycles. The summed E-state index contributed by atoms with van der Waals surface area (Å²) in [6, 6.07) is 14.9. The van der Waals surface area contributed by atoms with Crippen molar-refractivity contribution in [2.24, 2.45) is 0 Å². The van der Waals surface area contributed by atoms with Gasteiger partial charge >= 0.3 is 0 Å². The molecule has 5 nitrogen and oxygen atoms in total. The molecule has 1 heterocycles. The van der Waals surface area contributed by atoms with E-state index in [1.165, 1.54) is 11.0 Å². The molecule has 1 unspecified atom stereocenters. The molecule has 0 fully saturated rings. The number of hydrogen-bond acceptors (Lipinski definition) is 4. The quantitative estimate of drug-likeness (QED) is 0.470. The highest BCUT2D eigenvalue weighted by molar-refractivity contribution is 7.92. The Morgan fingerprint density at radius 1 is 1.16 bits per heavy atom. The summed E-state index contributed by atoms with van der Waals surface area (Å²) >= 11 is 6.04. The van der Waals surface area contributed by atoms with Gasteiger partial charge in [-0.25, -0.2) is 18.4 Å². The number of carbonyl (C=O) groups excluding carboxylic acids is 1. The van der Waals surface area contributed by atoms with Crippen molar-refractivity contribution in [1.82, 2.24) is 4.98 Å². The molecular formula is C23H23ClFN3O2S. The first-order valence-corrected chi connectivity index (χ1v) is 11.9. The van der Waals surface area contributed by atoms with Crippen molar-refractivity contribution < 1.29 is 13.4 Å². The molecule has 8 heteroatoms. The van der Waals surface area contributed by atoms with Crippen molar-refractivity contribution in [3.8, 4) is 11.1 Å². The number of anilines is 1. The third-order valence-corrected chi connectivity index (χ3v) is 7.20. The zero-order valence-corrected chi connectivity index (χ0v) is 18.8. The number of carbonyl (C=O) groups is 1. The molecule has 0 aliphatic carbocycles. The van der Waals surface area contributed by atoms with Crippen LogP contribution < -0.4 is 4.90 Å². The van der Waals surface area contributed by atoms with Crippen LogP contribution in [0.1, 0.15) is 18.9 Å². The van der Waals surface area contributed by atoms with Gasteiger partial charge in [0.25, 0.3) is 0 Å². The average molecular weight is 460 g/mol. The average Bonchev–Trinajstić information content (AvgIpc) is 2.77. The van der Waals surface area contributed by atoms with Crippen LogP contribution in [0.25, 0.3) is 11.1 Å². The van der Waals surface area contributed by atoms with E-state index in [0.29, 0.717) is 28.5 Å². The molecule has 1 aromatic heterocycles. The lowest BCUT2D eigenvalue weighted by Gasteiger charge is -2.18. The first kappa shape index (κ1) is 22.9. The number of pyridine rings is 1. The minimum atomic E-state index is -3.02. The standard InChI is InChI=1S/C23H23ClFN3O2S/c1-3-22(29)28(2)21-11-8-18(15-20(21)25)16-6-9-19(10-7-16)31(26,30)14-12-17-5-4-13-27-23(17)24/h4-11,13,15,26H,3,12,14H2,1-2H3. The number of aromatic nitrogens is 1. The number of rotatable bonds is 7. The number of nitrogens with one attached hydrogen (secondary N) is 1. The molecule has 162 valence electrons. The minimum Gasteiger partial charge on any atom is -0.313 e. The first-order valence-electron chi connectivity index (χ1n) is 9.75. The van der Waals surface area contributed by atoms with Crippen LogP contribution in [-0.4, -0.2) is 27.9 Å². The summed E-state index contributed by atoms with van der Waals surface area (Å²) in [6.07, 6.45) is 2.25. The number of benzene rings is 2. The van der Waals surface area contributed by atoms with E-state index < -0.39 is 15.5 Å². The summed E-state index contributed by atoms with van der Waals surface area (Å²) in [4.78, 5) is 17.5. The minimum absolute atomic E-state index is 0.124. The summed E-state index contributed by atoms with van der Waals surface area (Å²) in [6.45, 7) is 1.72. The highest BCUT2D eigenvalue weighted by Crippen LogP contribution is 2.28. The molecule has 0 aliphatic heterocycles. The molecule has 1 amide bonds. The topological polar surface area (TPSA) is 74.1 Å². The van der Waals surface area contributed by atoms with Gasteiger partial charge in [0.05, 0.1) is 15.4 Å². The van der Waals surface area contributed by atoms with E-state index in [2.05, 4.69) is 4.98 Å². The third-order valence-electron chi connectivity index (χ3n) is 5.05. The van der Waals surface area contributed by atoms with Gasteiger partial charge < -0.3 is 4.90 Å². The maximum Gasteiger partial charge on any atom is 0.226 e. The normalized spacial score (nSPS) is 12.9. The zero-order chi connectivity index (χ0) is 22.6. The van der Waals surface area contributed by atoms with E-state index >= 15 is 0 Å². The summed E-state index contributed by atoms with van der Waals surface area (Å²) in [5.74, 6) is -0.545. The Balaban J connectivity index is 1.77. The Kier molecular flexibility index (Phi) is 7.08. The molecule has 31 heavy (non-hydrogen) atoms. The van der Waals surface area contributed by atoms with E-state index in [9.17, 15) is 13.4 Å². The number of amides is 1. The van der Waals surface area contributed by atoms with E-state index in [1.54, 1.807) is 68.7 Å². The van der Waals surface area contributed by atoms with Gasteiger partial charge in [-0.15, -0.1) is 0 Å². The molecule has 0 saturated carbocycles. The fourth-order valence-electron chi connectivity index (χ4n) is 3.17. The third kappa shape index (κ3) is 5.29. The largest absolute Gasteiger partial charge is 0.313 e. The second kappa shape index (κ2) is 9.58. The van der Waals surface area contributed by atoms with Gasteiger partial charge in [0.1, 0.15) is 11.0 Å². The molecule has 3 aromatic rings. The Morgan fingerprint density at radius 3 is 2.45 bits per heavy atom. The van der Waals surface area contributed by atoms with Crippen molar-refractivity contribution in [2.75, 3.05) is 17.7 Å². The zero-order valence-electron chi connectivity index (χ0n) is 17.3. The van der Waals surface area contributed by atoms with Gasteiger partial charge in [0, 0.05) is 30.3 Å². The number of hydrogen-bond donors (Lipinski definition) is 1. The lowest BCUT2D eigenvalue weighted by Crippen LogP contribution is -2.25.